The molecule has 15 nitrogen and oxygen atoms in total. The van der Waals surface area contributed by atoms with Crippen LogP contribution in [0, 0.1) is 7.43 Å². The predicted molar refractivity (Wildman–Crippen MR) is 188 cm³/mol. The molecule has 3 aromatic carbocycles. The largest absolute Gasteiger partial charge is 1.00 e. The maximum absolute atomic E-state index is 6.06. The van der Waals surface area contributed by atoms with E-state index in [4.69, 9.17) is 34.4 Å². The van der Waals surface area contributed by atoms with E-state index in [1.54, 1.807) is 0 Å². The van der Waals surface area contributed by atoms with Crippen molar-refractivity contribution in [3.63, 3.8) is 0 Å². The summed E-state index contributed by atoms with van der Waals surface area (Å²) >= 11 is 0. The minimum atomic E-state index is -0.977. The molecule has 1 radical (unpaired) electrons. The van der Waals surface area contributed by atoms with Gasteiger partial charge in [0, 0.05) is 49.8 Å². The third-order valence-corrected chi connectivity index (χ3v) is 4.74. The van der Waals surface area contributed by atoms with Crippen molar-refractivity contribution in [2.45, 2.75) is 34.0 Å². The molecule has 0 unspecified atom stereocenters. The molecule has 0 heterocycles. The summed E-state index contributed by atoms with van der Waals surface area (Å²) in [6.45, 7) is 8.00. The molecule has 0 aliphatic heterocycles. The summed E-state index contributed by atoms with van der Waals surface area (Å²) in [7, 11) is 0. The number of rotatable bonds is 6. The third-order valence-electron chi connectivity index (χ3n) is 4.74. The maximum Gasteiger partial charge on any atom is 0.391 e. The van der Waals surface area contributed by atoms with Gasteiger partial charge >= 0.3 is 24.2 Å². The summed E-state index contributed by atoms with van der Waals surface area (Å²) in [5.74, 6) is -0.173. The number of aliphatic imine (C=N–C) groups is 3. The SMILES string of the molecule is CC.CC.NC(=NC(N)=[NH+]C([NH+]=C(N)N=C(N)Nc1ccccc1)[NH+]=C(N)N=C(N)Nc1ccccc1)Nc1ccccc1.[CH3-].[Cl-].[Cl-].[Cl-].[Y]. The van der Waals surface area contributed by atoms with Crippen molar-refractivity contribution in [3.05, 3.63) is 98.4 Å². The van der Waals surface area contributed by atoms with Gasteiger partial charge < -0.3 is 77.8 Å². The summed E-state index contributed by atoms with van der Waals surface area (Å²) in [4.78, 5) is 20.8. The summed E-state index contributed by atoms with van der Waals surface area (Å²) in [6, 6.07) is 27.6. The van der Waals surface area contributed by atoms with Crippen molar-refractivity contribution >= 4 is 52.8 Å². The molecule has 269 valence electrons. The first-order chi connectivity index (χ1) is 21.3. The van der Waals surface area contributed by atoms with Gasteiger partial charge in [-0.1, -0.05) is 82.3 Å². The number of anilines is 3. The Bertz CT molecular complexity index is 1260. The number of benzene rings is 3. The molecule has 18 N–H and O–H groups in total. The van der Waals surface area contributed by atoms with Crippen LogP contribution in [0.15, 0.2) is 106 Å². The summed E-state index contributed by atoms with van der Waals surface area (Å²) in [6.07, 6.45) is -0.977. The summed E-state index contributed by atoms with van der Waals surface area (Å²) in [5, 5.41) is 8.76. The van der Waals surface area contributed by atoms with E-state index < -0.39 is 6.29 Å². The molecule has 0 atom stereocenters. The van der Waals surface area contributed by atoms with Crippen LogP contribution in [0.2, 0.25) is 0 Å². The fourth-order valence-corrected chi connectivity index (χ4v) is 3.13. The van der Waals surface area contributed by atoms with Crippen LogP contribution in [0.25, 0.3) is 0 Å². The first-order valence-corrected chi connectivity index (χ1v) is 13.9. The Morgan fingerprint density at radius 1 is 0.469 bits per heavy atom. The molecule has 0 aliphatic rings. The van der Waals surface area contributed by atoms with Crippen LogP contribution in [-0.2, 0) is 32.7 Å². The molecule has 0 bridgehead atoms. The van der Waals surface area contributed by atoms with Gasteiger partial charge in [-0.2, -0.15) is 0 Å². The number of hydrogen-bond acceptors (Lipinski definition) is 0. The Labute approximate surface area is 333 Å². The minimum absolute atomic E-state index is 0. The first kappa shape index (κ1) is 54.3. The Kier molecular flexibility index (Phi) is 35.9. The zero-order chi connectivity index (χ0) is 32.7. The molecule has 19 heteroatoms. The summed E-state index contributed by atoms with van der Waals surface area (Å²) < 4.78 is 0. The monoisotopic (exact) mass is 813 g/mol. The molecule has 0 fully saturated rings. The average Bonchev–Trinajstić information content (AvgIpc) is 3.00. The van der Waals surface area contributed by atoms with Gasteiger partial charge in [0.2, 0.25) is 0 Å². The molecule has 3 aromatic rings. The fourth-order valence-electron chi connectivity index (χ4n) is 3.13. The van der Waals surface area contributed by atoms with Gasteiger partial charge in [-0.25, -0.2) is 15.0 Å². The van der Waals surface area contributed by atoms with Crippen LogP contribution >= 0.6 is 0 Å². The Balaban J connectivity index is -0.000000691. The van der Waals surface area contributed by atoms with Crippen molar-refractivity contribution < 1.29 is 84.9 Å². The van der Waals surface area contributed by atoms with Gasteiger partial charge in [0.1, 0.15) is 0 Å². The molecule has 3 rings (SSSR count). The molecule has 0 saturated carbocycles. The number of halogens is 3. The second kappa shape index (κ2) is 32.4. The molecular formula is C30H49Cl3N15Y-. The predicted octanol–water partition coefficient (Wildman–Crippen LogP) is -11.8. The quantitative estimate of drug-likeness (QED) is 0.0487. The van der Waals surface area contributed by atoms with Crippen LogP contribution in [-0.4, -0.2) is 42.0 Å². The van der Waals surface area contributed by atoms with Crippen molar-refractivity contribution in [1.82, 2.24) is 0 Å². The van der Waals surface area contributed by atoms with Gasteiger partial charge in [0.05, 0.1) is 0 Å². The topological polar surface area (TPSA) is 271 Å². The first-order valence-electron chi connectivity index (χ1n) is 13.9. The fraction of sp³-hybridized carbons (Fsp3) is 0.167. The number of nitrogens with one attached hydrogen (secondary N) is 6. The Hall–Kier alpha value is -4.15. The molecule has 0 spiro atoms. The molecule has 0 amide bonds. The zero-order valence-corrected chi connectivity index (χ0v) is 33.4. The van der Waals surface area contributed by atoms with Gasteiger partial charge in [-0.15, -0.1) is 0 Å². The molecule has 49 heavy (non-hydrogen) atoms. The van der Waals surface area contributed by atoms with E-state index in [1.807, 2.05) is 119 Å². The van der Waals surface area contributed by atoms with Gasteiger partial charge in [-0.05, 0) is 51.4 Å². The van der Waals surface area contributed by atoms with Crippen LogP contribution in [0.3, 0.4) is 0 Å². The van der Waals surface area contributed by atoms with E-state index in [0.717, 1.165) is 17.1 Å². The van der Waals surface area contributed by atoms with Crippen molar-refractivity contribution in [1.29, 1.82) is 0 Å². The van der Waals surface area contributed by atoms with Crippen molar-refractivity contribution in [2.24, 2.45) is 49.4 Å². The minimum Gasteiger partial charge on any atom is -1.00 e. The van der Waals surface area contributed by atoms with Gasteiger partial charge in [-0.3, -0.25) is 17.2 Å². The number of para-hydroxylation sites is 3. The average molecular weight is 815 g/mol. The molecular weight excluding hydrogens is 766 g/mol. The van der Waals surface area contributed by atoms with E-state index in [0.29, 0.717) is 0 Å². The van der Waals surface area contributed by atoms with E-state index >= 15 is 0 Å². The molecule has 0 aromatic heterocycles. The number of nitrogens with two attached hydrogens (primary N) is 6. The standard InChI is InChI=1S/C25H31N15.2C2H6.CH3.3ClH.Y/c26-19(32-16-10-4-1-5-11-16)35-22(29)38-25(39-23(30)36-20(27)33-17-12-6-2-7-13-17)40-24(31)37-21(28)34-18-14-8-3-9-15-18;2*1-2;;;;;/h1-15,25H,(H5,26,29,32,35,38)(H5,27,30,33,36,39)(H5,28,31,34,37,40);2*1-2H3;1H3;3*1H;/q;;;-1;;;;. The van der Waals surface area contributed by atoms with Crippen molar-refractivity contribution in [2.75, 3.05) is 16.0 Å². The van der Waals surface area contributed by atoms with Crippen LogP contribution in [0.5, 0.6) is 0 Å². The second-order valence-electron chi connectivity index (χ2n) is 7.99. The summed E-state index contributed by atoms with van der Waals surface area (Å²) in [5.41, 5.74) is 38.3. The normalized spacial score (nSPS) is 12.0. The van der Waals surface area contributed by atoms with Gasteiger partial charge in [0.25, 0.3) is 17.9 Å². The third kappa shape index (κ3) is 24.6. The van der Waals surface area contributed by atoms with E-state index in [-0.39, 0.29) is 113 Å². The van der Waals surface area contributed by atoms with E-state index in [9.17, 15) is 0 Å². The number of guanidine groups is 6. The maximum atomic E-state index is 6.06. The smallest absolute Gasteiger partial charge is 0.391 e. The van der Waals surface area contributed by atoms with E-state index in [1.165, 1.54) is 0 Å². The van der Waals surface area contributed by atoms with Gasteiger partial charge in [0.15, 0.2) is 0 Å². The molecule has 0 aliphatic carbocycles. The Morgan fingerprint density at radius 2 is 0.673 bits per heavy atom. The number of nitrogens with zero attached hydrogens (tertiary/aromatic N) is 3. The van der Waals surface area contributed by atoms with Crippen LogP contribution in [0.4, 0.5) is 17.1 Å². The van der Waals surface area contributed by atoms with Crippen LogP contribution in [0.1, 0.15) is 27.7 Å². The van der Waals surface area contributed by atoms with Crippen LogP contribution < -0.4 is 103 Å². The second-order valence-corrected chi connectivity index (χ2v) is 7.99. The van der Waals surface area contributed by atoms with E-state index in [2.05, 4.69) is 45.9 Å². The Morgan fingerprint density at radius 3 is 0.878 bits per heavy atom. The molecule has 0 saturated heterocycles. The van der Waals surface area contributed by atoms with Crippen molar-refractivity contribution in [3.8, 4) is 0 Å². The number of hydrogen-bond donors (Lipinski definition) is 12. The zero-order valence-electron chi connectivity index (χ0n) is 28.3.